The molecule has 0 spiro atoms. The topological polar surface area (TPSA) is 102 Å². The predicted octanol–water partition coefficient (Wildman–Crippen LogP) is 5.50. The summed E-state index contributed by atoms with van der Waals surface area (Å²) in [5.41, 5.74) is 0.267. The molecule has 3 heterocycles. The number of hydrogen-bond acceptors (Lipinski definition) is 5. The molecule has 4 aromatic rings. The van der Waals surface area contributed by atoms with Crippen molar-refractivity contribution in [3.63, 3.8) is 0 Å². The molecular weight excluding hydrogens is 509 g/mol. The van der Waals surface area contributed by atoms with Crippen molar-refractivity contribution in [2.75, 3.05) is 5.32 Å². The van der Waals surface area contributed by atoms with E-state index >= 15 is 0 Å². The molecule has 0 fully saturated rings. The summed E-state index contributed by atoms with van der Waals surface area (Å²) in [6, 6.07) is 8.43. The van der Waals surface area contributed by atoms with Crippen molar-refractivity contribution in [3.8, 4) is 5.82 Å². The van der Waals surface area contributed by atoms with E-state index in [1.165, 1.54) is 18.3 Å². The standard InChI is InChI=1S/C25H22ClF3N6O2/c1-12(2)31-24(37)20-15-8-7-14(4)32-17(15)10-13(3)21(20)33-23(36)18-11-19(25(27,28)29)34-35(18)22-16(26)6-5-9-30-22/h5-12H,1-4H3,(H,31,37)(H,33,36). The van der Waals surface area contributed by atoms with Crippen LogP contribution < -0.4 is 10.6 Å². The molecule has 0 saturated carbocycles. The molecule has 2 N–H and O–H groups in total. The number of halogens is 4. The Hall–Kier alpha value is -3.99. The van der Waals surface area contributed by atoms with Gasteiger partial charge in [0.2, 0.25) is 0 Å². The molecule has 192 valence electrons. The molecular formula is C25H22ClF3N6O2. The lowest BCUT2D eigenvalue weighted by molar-refractivity contribution is -0.141. The fourth-order valence-corrected chi connectivity index (χ4v) is 3.99. The molecule has 3 aromatic heterocycles. The second-order valence-corrected chi connectivity index (χ2v) is 9.09. The van der Waals surface area contributed by atoms with Crippen LogP contribution in [0.25, 0.3) is 16.7 Å². The lowest BCUT2D eigenvalue weighted by atomic mass is 10.00. The van der Waals surface area contributed by atoms with Crippen LogP contribution in [-0.4, -0.2) is 37.6 Å². The van der Waals surface area contributed by atoms with Crippen molar-refractivity contribution >= 4 is 40.0 Å². The Bertz CT molecular complexity index is 1530. The van der Waals surface area contributed by atoms with Crippen LogP contribution in [-0.2, 0) is 6.18 Å². The number of nitrogens with one attached hydrogen (secondary N) is 2. The van der Waals surface area contributed by atoms with Gasteiger partial charge < -0.3 is 10.6 Å². The zero-order chi connectivity index (χ0) is 27.1. The van der Waals surface area contributed by atoms with Crippen molar-refractivity contribution in [3.05, 3.63) is 75.8 Å². The molecule has 0 radical (unpaired) electrons. The first-order valence-corrected chi connectivity index (χ1v) is 11.6. The van der Waals surface area contributed by atoms with Crippen molar-refractivity contribution in [1.82, 2.24) is 25.1 Å². The highest BCUT2D eigenvalue weighted by Gasteiger charge is 2.37. The molecule has 4 rings (SSSR count). The first-order chi connectivity index (χ1) is 17.4. The highest BCUT2D eigenvalue weighted by Crippen LogP contribution is 2.33. The third kappa shape index (κ3) is 5.26. The van der Waals surface area contributed by atoms with Gasteiger partial charge in [-0.3, -0.25) is 14.6 Å². The Morgan fingerprint density at radius 3 is 2.46 bits per heavy atom. The number of hydrogen-bond donors (Lipinski definition) is 2. The van der Waals surface area contributed by atoms with Crippen molar-refractivity contribution < 1.29 is 22.8 Å². The lowest BCUT2D eigenvalue weighted by Crippen LogP contribution is -2.31. The molecule has 8 nitrogen and oxygen atoms in total. The van der Waals surface area contributed by atoms with Crippen LogP contribution in [0, 0.1) is 13.8 Å². The lowest BCUT2D eigenvalue weighted by Gasteiger charge is -2.18. The number of amides is 2. The minimum Gasteiger partial charge on any atom is -0.350 e. The second-order valence-electron chi connectivity index (χ2n) is 8.68. The fraction of sp³-hybridized carbons (Fsp3) is 0.240. The Morgan fingerprint density at radius 2 is 1.81 bits per heavy atom. The third-order valence-electron chi connectivity index (χ3n) is 5.39. The highest BCUT2D eigenvalue weighted by atomic mass is 35.5. The molecule has 2 amide bonds. The number of carbonyl (C=O) groups is 2. The van der Waals surface area contributed by atoms with E-state index in [0.717, 1.165) is 10.4 Å². The summed E-state index contributed by atoms with van der Waals surface area (Å²) >= 11 is 6.14. The van der Waals surface area contributed by atoms with Crippen LogP contribution >= 0.6 is 11.6 Å². The molecule has 0 atom stereocenters. The minimum absolute atomic E-state index is 0.00583. The first-order valence-electron chi connectivity index (χ1n) is 11.2. The molecule has 0 aliphatic rings. The molecule has 1 aromatic carbocycles. The summed E-state index contributed by atoms with van der Waals surface area (Å²) in [6.45, 7) is 7.04. The summed E-state index contributed by atoms with van der Waals surface area (Å²) in [7, 11) is 0. The maximum Gasteiger partial charge on any atom is 0.435 e. The molecule has 0 aliphatic carbocycles. The zero-order valence-corrected chi connectivity index (χ0v) is 21.0. The van der Waals surface area contributed by atoms with Gasteiger partial charge >= 0.3 is 6.18 Å². The van der Waals surface area contributed by atoms with E-state index in [2.05, 4.69) is 25.7 Å². The third-order valence-corrected chi connectivity index (χ3v) is 5.68. The number of anilines is 1. The number of carbonyl (C=O) groups excluding carboxylic acids is 2. The number of alkyl halides is 3. The van der Waals surface area contributed by atoms with E-state index < -0.39 is 29.4 Å². The molecule has 0 saturated heterocycles. The van der Waals surface area contributed by atoms with Crippen LogP contribution in [0.2, 0.25) is 5.02 Å². The Balaban J connectivity index is 1.88. The Morgan fingerprint density at radius 1 is 1.08 bits per heavy atom. The van der Waals surface area contributed by atoms with Crippen LogP contribution in [0.1, 0.15) is 51.6 Å². The first kappa shape index (κ1) is 26.1. The Kier molecular flexibility index (Phi) is 6.92. The maximum atomic E-state index is 13.5. The number of aromatic nitrogens is 4. The molecule has 12 heteroatoms. The van der Waals surface area contributed by atoms with Gasteiger partial charge in [-0.1, -0.05) is 17.7 Å². The number of fused-ring (bicyclic) bond motifs is 1. The maximum absolute atomic E-state index is 13.5. The van der Waals surface area contributed by atoms with Gasteiger partial charge in [-0.2, -0.15) is 18.3 Å². The van der Waals surface area contributed by atoms with Gasteiger partial charge in [-0.25, -0.2) is 9.67 Å². The minimum atomic E-state index is -4.83. The van der Waals surface area contributed by atoms with E-state index in [0.29, 0.717) is 22.5 Å². The fourth-order valence-electron chi connectivity index (χ4n) is 3.79. The number of pyridine rings is 2. The van der Waals surface area contributed by atoms with Crippen molar-refractivity contribution in [2.45, 2.75) is 39.9 Å². The van der Waals surface area contributed by atoms with Crippen molar-refractivity contribution in [2.24, 2.45) is 0 Å². The largest absolute Gasteiger partial charge is 0.435 e. The van der Waals surface area contributed by atoms with Crippen molar-refractivity contribution in [1.29, 1.82) is 0 Å². The van der Waals surface area contributed by atoms with Gasteiger partial charge in [0, 0.05) is 29.4 Å². The van der Waals surface area contributed by atoms with Gasteiger partial charge in [0.1, 0.15) is 5.69 Å². The number of benzene rings is 1. The van der Waals surface area contributed by atoms with E-state index in [-0.39, 0.29) is 28.1 Å². The van der Waals surface area contributed by atoms with E-state index in [9.17, 15) is 22.8 Å². The molecule has 37 heavy (non-hydrogen) atoms. The normalized spacial score (nSPS) is 11.7. The second kappa shape index (κ2) is 9.81. The average molecular weight is 531 g/mol. The molecule has 0 bridgehead atoms. The summed E-state index contributed by atoms with van der Waals surface area (Å²) in [6.07, 6.45) is -3.51. The summed E-state index contributed by atoms with van der Waals surface area (Å²) in [4.78, 5) is 35.1. The Labute approximate surface area is 214 Å². The summed E-state index contributed by atoms with van der Waals surface area (Å²) in [5, 5.41) is 9.44. The van der Waals surface area contributed by atoms with Gasteiger partial charge in [-0.15, -0.1) is 0 Å². The summed E-state index contributed by atoms with van der Waals surface area (Å²) in [5.74, 6) is -1.56. The van der Waals surface area contributed by atoms with E-state index in [1.807, 2.05) is 0 Å². The zero-order valence-electron chi connectivity index (χ0n) is 20.2. The van der Waals surface area contributed by atoms with Gasteiger partial charge in [0.15, 0.2) is 11.5 Å². The van der Waals surface area contributed by atoms with E-state index in [1.54, 1.807) is 45.9 Å². The number of nitrogens with zero attached hydrogens (tertiary/aromatic N) is 4. The highest BCUT2D eigenvalue weighted by molar-refractivity contribution is 6.32. The van der Waals surface area contributed by atoms with Crippen LogP contribution in [0.4, 0.5) is 18.9 Å². The van der Waals surface area contributed by atoms with Crippen LogP contribution in [0.5, 0.6) is 0 Å². The summed E-state index contributed by atoms with van der Waals surface area (Å²) < 4.78 is 41.3. The average Bonchev–Trinajstić information content (AvgIpc) is 3.25. The number of rotatable bonds is 5. The van der Waals surface area contributed by atoms with Crippen LogP contribution in [0.3, 0.4) is 0 Å². The van der Waals surface area contributed by atoms with Gasteiger partial charge in [-0.05, 0) is 57.5 Å². The predicted molar refractivity (Wildman–Crippen MR) is 133 cm³/mol. The smallest absolute Gasteiger partial charge is 0.350 e. The van der Waals surface area contributed by atoms with Crippen LogP contribution in [0.15, 0.2) is 42.6 Å². The monoisotopic (exact) mass is 530 g/mol. The number of aryl methyl sites for hydroxylation is 2. The van der Waals surface area contributed by atoms with Gasteiger partial charge in [0.05, 0.1) is 21.8 Å². The van der Waals surface area contributed by atoms with Gasteiger partial charge in [0.25, 0.3) is 11.8 Å². The quantitative estimate of drug-likeness (QED) is 0.355. The molecule has 0 unspecified atom stereocenters. The van der Waals surface area contributed by atoms with E-state index in [4.69, 9.17) is 11.6 Å². The molecule has 0 aliphatic heterocycles. The SMILES string of the molecule is Cc1ccc2c(C(=O)NC(C)C)c(NC(=O)c3cc(C(F)(F)F)nn3-c3ncccc3Cl)c(C)cc2n1.